The van der Waals surface area contributed by atoms with Gasteiger partial charge in [-0.1, -0.05) is 13.0 Å². The normalized spacial score (nSPS) is 10.8. The first-order chi connectivity index (χ1) is 12.5. The zero-order valence-electron chi connectivity index (χ0n) is 14.0. The molecular weight excluding hydrogens is 354 g/mol. The van der Waals surface area contributed by atoms with Crippen LogP contribution in [0, 0.1) is 0 Å². The maximum Gasteiger partial charge on any atom is 0.364 e. The van der Waals surface area contributed by atoms with E-state index in [2.05, 4.69) is 12.2 Å². The first-order valence-electron chi connectivity index (χ1n) is 8.02. The van der Waals surface area contributed by atoms with Crippen LogP contribution >= 0.6 is 11.8 Å². The minimum absolute atomic E-state index is 0.0310. The van der Waals surface area contributed by atoms with Crippen molar-refractivity contribution in [2.75, 3.05) is 11.1 Å². The summed E-state index contributed by atoms with van der Waals surface area (Å²) >= 11 is 1.63. The highest BCUT2D eigenvalue weighted by Crippen LogP contribution is 2.32. The number of phenols is 1. The number of benzene rings is 2. The van der Waals surface area contributed by atoms with Gasteiger partial charge in [-0.05, 0) is 42.5 Å². The maximum atomic E-state index is 12.5. The van der Waals surface area contributed by atoms with E-state index < -0.39 is 17.3 Å². The molecule has 0 saturated carbocycles. The van der Waals surface area contributed by atoms with E-state index in [-0.39, 0.29) is 22.4 Å². The summed E-state index contributed by atoms with van der Waals surface area (Å²) in [6, 6.07) is 11.0. The Morgan fingerprint density at radius 3 is 2.77 bits per heavy atom. The molecule has 0 fully saturated rings. The van der Waals surface area contributed by atoms with Gasteiger partial charge < -0.3 is 19.9 Å². The minimum atomic E-state index is -0.898. The van der Waals surface area contributed by atoms with Gasteiger partial charge in [-0.15, -0.1) is 11.8 Å². The van der Waals surface area contributed by atoms with Crippen LogP contribution in [0.3, 0.4) is 0 Å². The Kier molecular flexibility index (Phi) is 5.18. The molecule has 0 atom stereocenters. The second kappa shape index (κ2) is 7.53. The number of hydrogen-bond acceptors (Lipinski definition) is 6. The Hall–Kier alpha value is -2.93. The van der Waals surface area contributed by atoms with Crippen molar-refractivity contribution in [1.29, 1.82) is 0 Å². The molecule has 3 N–H and O–H groups in total. The quantitative estimate of drug-likeness (QED) is 0.464. The number of nitrogens with one attached hydrogen (secondary N) is 1. The van der Waals surface area contributed by atoms with Crippen LogP contribution in [0.4, 0.5) is 5.69 Å². The fourth-order valence-corrected chi connectivity index (χ4v) is 3.24. The molecule has 0 aliphatic heterocycles. The summed E-state index contributed by atoms with van der Waals surface area (Å²) in [5.74, 6) is -0.0866. The van der Waals surface area contributed by atoms with Crippen LogP contribution in [0.2, 0.25) is 0 Å². The second-order valence-corrected chi connectivity index (χ2v) is 6.79. The number of hydrogen-bond donors (Lipinski definition) is 3. The Morgan fingerprint density at radius 1 is 1.19 bits per heavy atom. The van der Waals surface area contributed by atoms with E-state index in [1.807, 2.05) is 6.07 Å². The molecule has 26 heavy (non-hydrogen) atoms. The minimum Gasteiger partial charge on any atom is -0.508 e. The zero-order valence-corrected chi connectivity index (χ0v) is 14.8. The van der Waals surface area contributed by atoms with Crippen LogP contribution in [0.5, 0.6) is 11.5 Å². The summed E-state index contributed by atoms with van der Waals surface area (Å²) in [6.45, 7) is 2.07. The molecule has 0 aliphatic rings. The summed E-state index contributed by atoms with van der Waals surface area (Å²) in [6.07, 6.45) is 1.02. The lowest BCUT2D eigenvalue weighted by Gasteiger charge is -2.09. The highest BCUT2D eigenvalue weighted by molar-refractivity contribution is 7.99. The number of carbonyl (C=O) groups is 1. The van der Waals surface area contributed by atoms with Gasteiger partial charge in [0, 0.05) is 16.5 Å². The predicted octanol–water partition coefficient (Wildman–Crippen LogP) is 3.96. The Labute approximate surface area is 153 Å². The largest absolute Gasteiger partial charge is 0.508 e. The predicted molar refractivity (Wildman–Crippen MR) is 101 cm³/mol. The fraction of sp³-hybridized carbons (Fsp3) is 0.158. The van der Waals surface area contributed by atoms with Crippen molar-refractivity contribution in [3.05, 3.63) is 58.4 Å². The molecule has 7 heteroatoms. The summed E-state index contributed by atoms with van der Waals surface area (Å²) in [5.41, 5.74) is -0.829. The van der Waals surface area contributed by atoms with Gasteiger partial charge in [0.2, 0.25) is 0 Å². The molecule has 2 aromatic carbocycles. The summed E-state index contributed by atoms with van der Waals surface area (Å²) in [7, 11) is 0. The number of phenolic OH excluding ortho intramolecular Hbond substituents is 1. The van der Waals surface area contributed by atoms with Crippen molar-refractivity contribution in [3.8, 4) is 11.5 Å². The van der Waals surface area contributed by atoms with Crippen molar-refractivity contribution in [3.63, 3.8) is 0 Å². The highest BCUT2D eigenvalue weighted by Gasteiger charge is 2.17. The van der Waals surface area contributed by atoms with Gasteiger partial charge in [0.15, 0.2) is 11.4 Å². The molecule has 1 aromatic heterocycles. The van der Waals surface area contributed by atoms with Crippen LogP contribution in [-0.4, -0.2) is 21.9 Å². The second-order valence-electron chi connectivity index (χ2n) is 5.62. The monoisotopic (exact) mass is 371 g/mol. The lowest BCUT2D eigenvalue weighted by molar-refractivity contribution is 0.102. The van der Waals surface area contributed by atoms with Gasteiger partial charge in [0.05, 0.1) is 5.39 Å². The lowest BCUT2D eigenvalue weighted by Crippen LogP contribution is -2.18. The van der Waals surface area contributed by atoms with E-state index >= 15 is 0 Å². The molecule has 3 aromatic rings. The van der Waals surface area contributed by atoms with Crippen molar-refractivity contribution >= 4 is 34.3 Å². The van der Waals surface area contributed by atoms with E-state index in [9.17, 15) is 19.8 Å². The Morgan fingerprint density at radius 2 is 2.00 bits per heavy atom. The third-order valence-electron chi connectivity index (χ3n) is 3.67. The molecule has 6 nitrogen and oxygen atoms in total. The maximum absolute atomic E-state index is 12.5. The zero-order chi connectivity index (χ0) is 18.7. The van der Waals surface area contributed by atoms with E-state index in [1.54, 1.807) is 30.0 Å². The van der Waals surface area contributed by atoms with Crippen molar-refractivity contribution in [2.24, 2.45) is 0 Å². The highest BCUT2D eigenvalue weighted by atomic mass is 32.2. The van der Waals surface area contributed by atoms with E-state index in [1.165, 1.54) is 18.2 Å². The van der Waals surface area contributed by atoms with Gasteiger partial charge in [-0.2, -0.15) is 0 Å². The SMILES string of the molecule is CCCSc1cccc(C(=O)Nc2c(O)c3ccc(O)cc3oc2=O)c1. The van der Waals surface area contributed by atoms with Crippen LogP contribution < -0.4 is 10.9 Å². The molecule has 0 unspecified atom stereocenters. The molecule has 134 valence electrons. The average Bonchev–Trinajstić information content (AvgIpc) is 2.63. The molecule has 0 radical (unpaired) electrons. The fourth-order valence-electron chi connectivity index (χ4n) is 2.42. The molecule has 0 spiro atoms. The van der Waals surface area contributed by atoms with E-state index in [0.717, 1.165) is 17.1 Å². The molecule has 3 rings (SSSR count). The average molecular weight is 371 g/mol. The van der Waals surface area contributed by atoms with Gasteiger partial charge in [0.1, 0.15) is 11.3 Å². The third-order valence-corrected chi connectivity index (χ3v) is 4.87. The summed E-state index contributed by atoms with van der Waals surface area (Å²) in [5, 5.41) is 22.4. The number of rotatable bonds is 5. The Bertz CT molecular complexity index is 1030. The van der Waals surface area contributed by atoms with Gasteiger partial charge in [-0.3, -0.25) is 4.79 Å². The third kappa shape index (κ3) is 3.67. The van der Waals surface area contributed by atoms with E-state index in [4.69, 9.17) is 4.42 Å². The molecule has 0 saturated heterocycles. The van der Waals surface area contributed by atoms with Crippen LogP contribution in [0.15, 0.2) is 56.6 Å². The number of aromatic hydroxyl groups is 2. The molecule has 1 heterocycles. The number of anilines is 1. The number of fused-ring (bicyclic) bond motifs is 1. The van der Waals surface area contributed by atoms with E-state index in [0.29, 0.717) is 5.56 Å². The molecule has 0 aliphatic carbocycles. The first-order valence-corrected chi connectivity index (χ1v) is 9.01. The van der Waals surface area contributed by atoms with Crippen molar-refractivity contribution in [2.45, 2.75) is 18.2 Å². The van der Waals surface area contributed by atoms with Crippen LogP contribution in [-0.2, 0) is 0 Å². The standard InChI is InChI=1S/C19H17NO5S/c1-2-8-26-13-5-3-4-11(9-13)18(23)20-16-17(22)14-7-6-12(21)10-15(14)25-19(16)24/h3-7,9-10,21-22H,2,8H2,1H3,(H,20,23). The van der Waals surface area contributed by atoms with Gasteiger partial charge >= 0.3 is 5.63 Å². The summed E-state index contributed by atoms with van der Waals surface area (Å²) in [4.78, 5) is 25.5. The summed E-state index contributed by atoms with van der Waals surface area (Å²) < 4.78 is 5.07. The topological polar surface area (TPSA) is 99.8 Å². The van der Waals surface area contributed by atoms with Crippen LogP contribution in [0.25, 0.3) is 11.0 Å². The number of carbonyl (C=O) groups excluding carboxylic acids is 1. The van der Waals surface area contributed by atoms with Gasteiger partial charge in [0.25, 0.3) is 5.91 Å². The lowest BCUT2D eigenvalue weighted by atomic mass is 10.2. The van der Waals surface area contributed by atoms with Gasteiger partial charge in [-0.25, -0.2) is 4.79 Å². The number of amides is 1. The van der Waals surface area contributed by atoms with Crippen molar-refractivity contribution in [1.82, 2.24) is 0 Å². The Balaban J connectivity index is 1.92. The number of thioether (sulfide) groups is 1. The molecule has 0 bridgehead atoms. The first kappa shape index (κ1) is 17.9. The smallest absolute Gasteiger partial charge is 0.364 e. The van der Waals surface area contributed by atoms with Crippen LogP contribution in [0.1, 0.15) is 23.7 Å². The molecule has 1 amide bonds. The van der Waals surface area contributed by atoms with Crippen molar-refractivity contribution < 1.29 is 19.4 Å². The molecular formula is C19H17NO5S.